The lowest BCUT2D eigenvalue weighted by atomic mass is 10.0. The van der Waals surface area contributed by atoms with Crippen molar-refractivity contribution >= 4 is 57.2 Å². The molecule has 0 saturated carbocycles. The number of benzene rings is 1. The average molecular weight is 598 g/mol. The number of hydrogen-bond acceptors (Lipinski definition) is 6. The Morgan fingerprint density at radius 1 is 1.18 bits per heavy atom. The summed E-state index contributed by atoms with van der Waals surface area (Å²) in [5.41, 5.74) is 3.22. The van der Waals surface area contributed by atoms with E-state index in [1.165, 1.54) is 11.3 Å². The molecule has 1 aromatic carbocycles. The standard InChI is InChI=1S/C27H30F2N6OS.2ClH/c28-18-6-11-34(12-7-18)10-2-9-31-26(36)22-14-25-24(15-32-22)35-16-23(33-27(35)37-25)19-5-4-17(13-20(19)29)21-3-1-8-30-21;;/h4-5,13-16,18,21,30H,1-3,6-12H2,(H,31,36);2*1H/t21-;;/m1../s1. The van der Waals surface area contributed by atoms with Crippen molar-refractivity contribution in [3.8, 4) is 11.3 Å². The van der Waals surface area contributed by atoms with E-state index in [2.05, 4.69) is 25.5 Å². The molecule has 2 fully saturated rings. The molecule has 0 unspecified atom stereocenters. The van der Waals surface area contributed by atoms with Crippen LogP contribution in [-0.2, 0) is 0 Å². The van der Waals surface area contributed by atoms with E-state index in [0.717, 1.165) is 66.2 Å². The van der Waals surface area contributed by atoms with Gasteiger partial charge in [0.15, 0.2) is 4.96 Å². The third-order valence-corrected chi connectivity index (χ3v) is 8.42. The fourth-order valence-corrected chi connectivity index (χ4v) is 6.31. The first-order valence-electron chi connectivity index (χ1n) is 13.0. The van der Waals surface area contributed by atoms with Gasteiger partial charge in [0.05, 0.1) is 22.1 Å². The van der Waals surface area contributed by atoms with Crippen molar-refractivity contribution in [3.63, 3.8) is 0 Å². The zero-order valence-electron chi connectivity index (χ0n) is 21.4. The number of carbonyl (C=O) groups excluding carboxylic acids is 1. The molecule has 4 aromatic rings. The smallest absolute Gasteiger partial charge is 0.269 e. The average Bonchev–Trinajstić information content (AvgIpc) is 3.64. The van der Waals surface area contributed by atoms with Gasteiger partial charge in [0.1, 0.15) is 17.7 Å². The number of halogens is 4. The highest BCUT2D eigenvalue weighted by Gasteiger charge is 2.20. The van der Waals surface area contributed by atoms with Crippen LogP contribution in [0.15, 0.2) is 36.7 Å². The van der Waals surface area contributed by atoms with Crippen LogP contribution in [0.5, 0.6) is 0 Å². The first-order valence-corrected chi connectivity index (χ1v) is 13.8. The van der Waals surface area contributed by atoms with E-state index in [9.17, 15) is 13.6 Å². The number of pyridine rings is 1. The summed E-state index contributed by atoms with van der Waals surface area (Å²) in [6.45, 7) is 3.94. The zero-order valence-corrected chi connectivity index (χ0v) is 23.8. The Hall–Kier alpha value is -2.37. The van der Waals surface area contributed by atoms with E-state index in [1.54, 1.807) is 18.3 Å². The van der Waals surface area contributed by atoms with E-state index in [1.807, 2.05) is 22.7 Å². The van der Waals surface area contributed by atoms with Crippen molar-refractivity contribution in [1.82, 2.24) is 29.9 Å². The fraction of sp³-hybridized carbons (Fsp3) is 0.444. The second-order valence-corrected chi connectivity index (χ2v) is 10.9. The van der Waals surface area contributed by atoms with Gasteiger partial charge in [-0.3, -0.25) is 9.20 Å². The van der Waals surface area contributed by atoms with Crippen LogP contribution >= 0.6 is 36.2 Å². The third-order valence-electron chi connectivity index (χ3n) is 7.40. The monoisotopic (exact) mass is 596 g/mol. The Labute approximate surface area is 242 Å². The second-order valence-electron chi connectivity index (χ2n) is 9.93. The molecule has 0 bridgehead atoms. The Morgan fingerprint density at radius 3 is 2.74 bits per heavy atom. The van der Waals surface area contributed by atoms with Crippen LogP contribution in [0.4, 0.5) is 8.78 Å². The van der Waals surface area contributed by atoms with Crippen LogP contribution in [-0.4, -0.2) is 64.1 Å². The third kappa shape index (κ3) is 6.36. The number of fused-ring (bicyclic) bond motifs is 3. The Balaban J connectivity index is 0.00000176. The molecule has 2 aliphatic rings. The minimum Gasteiger partial charge on any atom is -0.351 e. The summed E-state index contributed by atoms with van der Waals surface area (Å²) in [5, 5.41) is 6.34. The van der Waals surface area contributed by atoms with Gasteiger partial charge in [-0.2, -0.15) is 0 Å². The number of nitrogens with zero attached hydrogens (tertiary/aromatic N) is 4. The summed E-state index contributed by atoms with van der Waals surface area (Å²) < 4.78 is 31.0. The quantitative estimate of drug-likeness (QED) is 0.273. The summed E-state index contributed by atoms with van der Waals surface area (Å²) in [6.07, 6.45) is 6.97. The molecule has 39 heavy (non-hydrogen) atoms. The minimum atomic E-state index is -0.671. The topological polar surface area (TPSA) is 74.6 Å². The number of aromatic nitrogens is 3. The number of piperidine rings is 1. The predicted octanol–water partition coefficient (Wildman–Crippen LogP) is 5.57. The lowest BCUT2D eigenvalue weighted by molar-refractivity contribution is 0.0945. The zero-order chi connectivity index (χ0) is 25.4. The maximum absolute atomic E-state index is 15.0. The molecule has 5 heterocycles. The molecule has 1 atom stereocenters. The first-order chi connectivity index (χ1) is 18.0. The molecular weight excluding hydrogens is 565 g/mol. The number of carbonyl (C=O) groups is 1. The minimum absolute atomic E-state index is 0. The van der Waals surface area contributed by atoms with Crippen LogP contribution in [0.2, 0.25) is 0 Å². The Bertz CT molecular complexity index is 1430. The number of likely N-dealkylation sites (tertiary alicyclic amines) is 1. The van der Waals surface area contributed by atoms with E-state index < -0.39 is 6.17 Å². The highest BCUT2D eigenvalue weighted by atomic mass is 35.5. The number of amides is 1. The van der Waals surface area contributed by atoms with E-state index in [4.69, 9.17) is 0 Å². The molecule has 0 radical (unpaired) electrons. The van der Waals surface area contributed by atoms with Crippen molar-refractivity contribution in [2.75, 3.05) is 32.7 Å². The Morgan fingerprint density at radius 2 is 2.00 bits per heavy atom. The normalized spacial score (nSPS) is 18.3. The fourth-order valence-electron chi connectivity index (χ4n) is 5.30. The number of imidazole rings is 1. The van der Waals surface area contributed by atoms with Crippen LogP contribution < -0.4 is 10.6 Å². The van der Waals surface area contributed by atoms with Crippen molar-refractivity contribution in [2.24, 2.45) is 0 Å². The lowest BCUT2D eigenvalue weighted by Crippen LogP contribution is -2.36. The number of alkyl halides is 1. The summed E-state index contributed by atoms with van der Waals surface area (Å²) in [4.78, 5) is 24.6. The molecule has 6 rings (SSSR count). The highest BCUT2D eigenvalue weighted by molar-refractivity contribution is 7.23. The lowest BCUT2D eigenvalue weighted by Gasteiger charge is -2.28. The number of nitrogens with one attached hydrogen (secondary N) is 2. The maximum atomic E-state index is 15.0. The van der Waals surface area contributed by atoms with Gasteiger partial charge in [0.2, 0.25) is 0 Å². The molecule has 1 amide bonds. The molecule has 3 aromatic heterocycles. The summed E-state index contributed by atoms with van der Waals surface area (Å²) in [6, 6.07) is 7.39. The van der Waals surface area contributed by atoms with E-state index >= 15 is 0 Å². The number of hydrogen-bond donors (Lipinski definition) is 2. The Kier molecular flexibility index (Phi) is 9.77. The highest BCUT2D eigenvalue weighted by Crippen LogP contribution is 2.32. The van der Waals surface area contributed by atoms with Gasteiger partial charge in [-0.15, -0.1) is 24.8 Å². The van der Waals surface area contributed by atoms with E-state index in [-0.39, 0.29) is 42.6 Å². The molecular formula is C27H32Cl2F2N6OS. The number of thiazole rings is 1. The van der Waals surface area contributed by atoms with Crippen LogP contribution in [0.3, 0.4) is 0 Å². The van der Waals surface area contributed by atoms with Gasteiger partial charge >= 0.3 is 0 Å². The summed E-state index contributed by atoms with van der Waals surface area (Å²) in [5.74, 6) is -0.486. The molecule has 7 nitrogen and oxygen atoms in total. The largest absolute Gasteiger partial charge is 0.351 e. The first kappa shape index (κ1) is 29.6. The van der Waals surface area contributed by atoms with Crippen molar-refractivity contribution in [2.45, 2.75) is 44.3 Å². The van der Waals surface area contributed by atoms with Gasteiger partial charge in [-0.25, -0.2) is 18.7 Å². The predicted molar refractivity (Wildman–Crippen MR) is 156 cm³/mol. The SMILES string of the molecule is Cl.Cl.O=C(NCCCN1CCC(F)CC1)c1cc2sc3nc(-c4ccc([C@H]5CCCN5)cc4F)cn3c2cn1. The van der Waals surface area contributed by atoms with E-state index in [0.29, 0.717) is 36.3 Å². The second kappa shape index (κ2) is 12.9. The molecule has 2 aliphatic heterocycles. The van der Waals surface area contributed by atoms with Gasteiger partial charge in [-0.1, -0.05) is 17.4 Å². The molecule has 0 aliphatic carbocycles. The number of rotatable bonds is 7. The van der Waals surface area contributed by atoms with Crippen LogP contribution in [0, 0.1) is 5.82 Å². The van der Waals surface area contributed by atoms with Crippen molar-refractivity contribution in [1.29, 1.82) is 0 Å². The summed E-state index contributed by atoms with van der Waals surface area (Å²) >= 11 is 1.45. The van der Waals surface area contributed by atoms with Gasteiger partial charge in [-0.05, 0) is 69.0 Å². The molecule has 0 spiro atoms. The molecule has 2 saturated heterocycles. The van der Waals surface area contributed by atoms with Gasteiger partial charge in [0.25, 0.3) is 5.91 Å². The molecule has 210 valence electrons. The summed E-state index contributed by atoms with van der Waals surface area (Å²) in [7, 11) is 0. The molecule has 2 N–H and O–H groups in total. The van der Waals surface area contributed by atoms with Gasteiger partial charge in [0, 0.05) is 37.4 Å². The van der Waals surface area contributed by atoms with Crippen molar-refractivity contribution in [3.05, 3.63) is 53.7 Å². The molecule has 12 heteroatoms. The van der Waals surface area contributed by atoms with Crippen molar-refractivity contribution < 1.29 is 13.6 Å². The van der Waals surface area contributed by atoms with Crippen LogP contribution in [0.25, 0.3) is 26.4 Å². The maximum Gasteiger partial charge on any atom is 0.269 e. The van der Waals surface area contributed by atoms with Gasteiger partial charge < -0.3 is 15.5 Å². The van der Waals surface area contributed by atoms with Crippen LogP contribution in [0.1, 0.15) is 54.2 Å².